The summed E-state index contributed by atoms with van der Waals surface area (Å²) in [4.78, 5) is 5.43. The van der Waals surface area contributed by atoms with Crippen LogP contribution in [0.4, 0.5) is 34.1 Å². The third kappa shape index (κ3) is 5.42. The molecule has 0 saturated carbocycles. The van der Waals surface area contributed by atoms with Crippen LogP contribution in [0.5, 0.6) is 0 Å². The molecule has 0 amide bonds. The van der Waals surface area contributed by atoms with Gasteiger partial charge >= 0.3 is 0 Å². The second-order valence-electron chi connectivity index (χ2n) is 15.5. The fraction of sp³-hybridized carbons (Fsp3) is 0.125. The Hall–Kier alpha value is -5.96. The maximum Gasteiger partial charge on any atom is 0.206 e. The second kappa shape index (κ2) is 12.8. The maximum atomic E-state index is 13.6. The molecule has 0 atom stereocenters. The predicted molar refractivity (Wildman–Crippen MR) is 224 cm³/mol. The topological polar surface area (TPSA) is 74.8 Å². The van der Waals surface area contributed by atoms with Crippen molar-refractivity contribution in [3.8, 4) is 0 Å². The molecule has 2 heterocycles. The van der Waals surface area contributed by atoms with Crippen molar-refractivity contribution in [2.75, 3.05) is 9.80 Å². The Kier molecular flexibility index (Phi) is 8.16. The molecule has 7 aromatic carbocycles. The van der Waals surface area contributed by atoms with E-state index < -0.39 is 19.7 Å². The van der Waals surface area contributed by atoms with Gasteiger partial charge in [0.2, 0.25) is 19.7 Å². The lowest BCUT2D eigenvalue weighted by atomic mass is 9.68. The first-order chi connectivity index (χ1) is 26.8. The van der Waals surface area contributed by atoms with Gasteiger partial charge in [-0.25, -0.2) is 16.8 Å². The van der Waals surface area contributed by atoms with Gasteiger partial charge in [-0.2, -0.15) is 0 Å². The monoisotopic (exact) mass is 772 g/mol. The first kappa shape index (κ1) is 35.7. The number of nitrogens with zero attached hydrogens (tertiary/aromatic N) is 2. The zero-order valence-electron chi connectivity index (χ0n) is 31.5. The van der Waals surface area contributed by atoms with Gasteiger partial charge < -0.3 is 9.80 Å². The first-order valence-corrected chi connectivity index (χ1v) is 21.6. The summed E-state index contributed by atoms with van der Waals surface area (Å²) in [6, 6.07) is 52.7. The van der Waals surface area contributed by atoms with Crippen LogP contribution in [0.2, 0.25) is 0 Å². The minimum Gasteiger partial charge on any atom is -0.310 e. The third-order valence-corrected chi connectivity index (χ3v) is 15.1. The number of sulfone groups is 2. The number of hydrogen-bond donors (Lipinski definition) is 0. The van der Waals surface area contributed by atoms with Gasteiger partial charge in [0.1, 0.15) is 0 Å². The van der Waals surface area contributed by atoms with Crippen molar-refractivity contribution >= 4 is 53.8 Å². The Morgan fingerprint density at radius 3 is 1.04 bits per heavy atom. The Labute approximate surface area is 329 Å². The lowest BCUT2D eigenvalue weighted by Gasteiger charge is -2.47. The van der Waals surface area contributed by atoms with E-state index in [4.69, 9.17) is 0 Å². The lowest BCUT2D eigenvalue weighted by Crippen LogP contribution is -2.35. The van der Waals surface area contributed by atoms with E-state index >= 15 is 0 Å². The normalized spacial score (nSPS) is 15.3. The van der Waals surface area contributed by atoms with E-state index in [0.29, 0.717) is 0 Å². The molecule has 0 spiro atoms. The molecule has 0 saturated heterocycles. The van der Waals surface area contributed by atoms with Crippen LogP contribution in [0.3, 0.4) is 0 Å². The van der Waals surface area contributed by atoms with E-state index in [1.807, 2.05) is 36.4 Å². The number of hydrogen-bond acceptors (Lipinski definition) is 6. The van der Waals surface area contributed by atoms with Crippen molar-refractivity contribution in [1.29, 1.82) is 0 Å². The number of para-hydroxylation sites is 2. The summed E-state index contributed by atoms with van der Waals surface area (Å²) in [5.41, 5.74) is 9.52. The van der Waals surface area contributed by atoms with Gasteiger partial charge in [0.25, 0.3) is 0 Å². The molecular weight excluding hydrogens is 733 g/mol. The molecule has 0 aliphatic carbocycles. The van der Waals surface area contributed by atoms with Crippen molar-refractivity contribution in [1.82, 2.24) is 0 Å². The average molecular weight is 773 g/mol. The number of benzene rings is 7. The van der Waals surface area contributed by atoms with E-state index in [-0.39, 0.29) is 30.4 Å². The summed E-state index contributed by atoms with van der Waals surface area (Å²) in [6.45, 7) is 9.05. The minimum absolute atomic E-state index is 0.228. The smallest absolute Gasteiger partial charge is 0.206 e. The molecule has 2 aliphatic heterocycles. The highest BCUT2D eigenvalue weighted by Gasteiger charge is 2.43. The van der Waals surface area contributed by atoms with E-state index in [1.54, 1.807) is 84.9 Å². The van der Waals surface area contributed by atoms with Crippen LogP contribution in [0, 0.1) is 0 Å². The van der Waals surface area contributed by atoms with E-state index in [0.717, 1.165) is 56.4 Å². The zero-order chi connectivity index (χ0) is 39.0. The van der Waals surface area contributed by atoms with Gasteiger partial charge in [0.15, 0.2) is 0 Å². The van der Waals surface area contributed by atoms with Crippen molar-refractivity contribution in [2.24, 2.45) is 0 Å². The Morgan fingerprint density at radius 1 is 0.339 bits per heavy atom. The van der Waals surface area contributed by atoms with Crippen LogP contribution in [0.15, 0.2) is 189 Å². The van der Waals surface area contributed by atoms with Gasteiger partial charge in [-0.3, -0.25) is 0 Å². The standard InChI is InChI=1S/C48H40N2O4S2/c1-47(2)39-19-11-13-21-43(39)49(33-23-27-37(28-24-33)55(51,52)35-15-7-5-8-16-35)45-32-46-42(31-41(45)47)48(3,4)40-20-12-14-22-44(40)50(46)34-25-29-38(30-26-34)56(53,54)36-17-9-6-10-18-36/h5-32H,1-4H3. The van der Waals surface area contributed by atoms with Gasteiger partial charge in [-0.1, -0.05) is 100 Å². The molecule has 0 aromatic heterocycles. The van der Waals surface area contributed by atoms with Crippen LogP contribution in [-0.2, 0) is 30.5 Å². The van der Waals surface area contributed by atoms with Crippen LogP contribution in [-0.4, -0.2) is 16.8 Å². The Bertz CT molecular complexity index is 2680. The summed E-state index contributed by atoms with van der Waals surface area (Å²) in [5, 5.41) is 0. The quantitative estimate of drug-likeness (QED) is 0.168. The lowest BCUT2D eigenvalue weighted by molar-refractivity contribution is 0.594. The summed E-state index contributed by atoms with van der Waals surface area (Å²) >= 11 is 0. The van der Waals surface area contributed by atoms with Crippen LogP contribution in [0.1, 0.15) is 49.9 Å². The summed E-state index contributed by atoms with van der Waals surface area (Å²) in [7, 11) is -7.42. The van der Waals surface area contributed by atoms with Crippen LogP contribution >= 0.6 is 0 Å². The number of anilines is 6. The fourth-order valence-corrected chi connectivity index (χ4v) is 11.0. The maximum absolute atomic E-state index is 13.6. The average Bonchev–Trinajstić information content (AvgIpc) is 3.22. The summed E-state index contributed by atoms with van der Waals surface area (Å²) in [5.74, 6) is 0. The molecule has 0 N–H and O–H groups in total. The van der Waals surface area contributed by atoms with Gasteiger partial charge in [-0.05, 0) is 119 Å². The van der Waals surface area contributed by atoms with Gasteiger partial charge in [0.05, 0.1) is 42.3 Å². The molecule has 0 radical (unpaired) electrons. The van der Waals surface area contributed by atoms with Crippen molar-refractivity contribution in [2.45, 2.75) is 58.1 Å². The molecule has 0 fully saturated rings. The minimum atomic E-state index is -3.71. The van der Waals surface area contributed by atoms with E-state index in [1.165, 1.54) is 0 Å². The molecule has 9 rings (SSSR count). The molecule has 8 heteroatoms. The molecule has 7 aromatic rings. The molecule has 6 nitrogen and oxygen atoms in total. The Morgan fingerprint density at radius 2 is 0.661 bits per heavy atom. The fourth-order valence-electron chi connectivity index (χ4n) is 8.47. The molecule has 278 valence electrons. The zero-order valence-corrected chi connectivity index (χ0v) is 33.1. The summed E-state index contributed by atoms with van der Waals surface area (Å²) < 4.78 is 54.4. The molecule has 0 unspecified atom stereocenters. The molecule has 0 bridgehead atoms. The van der Waals surface area contributed by atoms with Gasteiger partial charge in [0, 0.05) is 22.2 Å². The van der Waals surface area contributed by atoms with Crippen molar-refractivity contribution < 1.29 is 16.8 Å². The van der Waals surface area contributed by atoms with E-state index in [2.05, 4.69) is 86.0 Å². The highest BCUT2D eigenvalue weighted by Crippen LogP contribution is 2.58. The van der Waals surface area contributed by atoms with Gasteiger partial charge in [-0.15, -0.1) is 0 Å². The molecule has 2 aliphatic rings. The number of fused-ring (bicyclic) bond motifs is 4. The SMILES string of the molecule is CC1(C)c2ccccc2N(c2ccc(S(=O)(=O)c3ccccc3)cc2)c2cc3c(cc21)C(C)(C)c1ccccc1N3c1ccc(S(=O)(=O)c2ccccc2)cc1. The number of rotatable bonds is 6. The largest absolute Gasteiger partial charge is 0.310 e. The predicted octanol–water partition coefficient (Wildman–Crippen LogP) is 11.6. The van der Waals surface area contributed by atoms with E-state index in [9.17, 15) is 16.8 Å². The van der Waals surface area contributed by atoms with Crippen LogP contribution < -0.4 is 9.80 Å². The van der Waals surface area contributed by atoms with Crippen molar-refractivity contribution in [3.05, 3.63) is 192 Å². The van der Waals surface area contributed by atoms with Crippen molar-refractivity contribution in [3.63, 3.8) is 0 Å². The highest BCUT2D eigenvalue weighted by atomic mass is 32.2. The Balaban J connectivity index is 1.23. The molecular formula is C48H40N2O4S2. The first-order valence-electron chi connectivity index (χ1n) is 18.6. The molecule has 56 heavy (non-hydrogen) atoms. The van der Waals surface area contributed by atoms with Crippen LogP contribution in [0.25, 0.3) is 0 Å². The highest BCUT2D eigenvalue weighted by molar-refractivity contribution is 7.91. The second-order valence-corrected chi connectivity index (χ2v) is 19.4. The third-order valence-electron chi connectivity index (χ3n) is 11.5. The summed E-state index contributed by atoms with van der Waals surface area (Å²) in [6.07, 6.45) is 0.